The SMILES string of the molecule is C[N]1[SnH+][N](C)[SnH]2[N](C)[SnH]1[N](C)[Si](C)(C)[N]2C.[SnH+3]. The molecule has 2 aliphatic rings. The second-order valence-electron chi connectivity index (χ2n) is 5.52. The predicted octanol–water partition coefficient (Wildman–Crippen LogP) is -2.57. The molecular weight excluding hydrogens is 657 g/mol. The van der Waals surface area contributed by atoms with Crippen molar-refractivity contribution in [1.29, 1.82) is 0 Å². The average molecular weight is 682 g/mol. The molecule has 0 aromatic heterocycles. The molecule has 2 heterocycles. The Bertz CT molecular complexity index is 271. The Morgan fingerprint density at radius 1 is 0.824 bits per heavy atom. The van der Waals surface area contributed by atoms with Crippen LogP contribution in [0.2, 0.25) is 13.1 Å². The van der Waals surface area contributed by atoms with Crippen LogP contribution in [0.1, 0.15) is 0 Å². The van der Waals surface area contributed by atoms with Gasteiger partial charge < -0.3 is 0 Å². The maximum atomic E-state index is 2.91. The molecule has 0 amide bonds. The van der Waals surface area contributed by atoms with Crippen LogP contribution in [0.4, 0.5) is 0 Å². The Morgan fingerprint density at radius 2 is 1.18 bits per heavy atom. The second-order valence-corrected chi connectivity index (χ2v) is 50.4. The van der Waals surface area contributed by atoms with Crippen LogP contribution in [-0.2, 0) is 0 Å². The topological polar surface area (TPSA) is 16.2 Å². The fraction of sp³-hybridized carbons (Fsp3) is 1.00. The summed E-state index contributed by atoms with van der Waals surface area (Å²) in [6, 6.07) is 0. The molecule has 2 rings (SSSR count). The van der Waals surface area contributed by atoms with Gasteiger partial charge in [0.1, 0.15) is 0 Å². The molecule has 94 valence electrons. The summed E-state index contributed by atoms with van der Waals surface area (Å²) in [5.41, 5.74) is 0. The molecule has 2 atom stereocenters. The van der Waals surface area contributed by atoms with Crippen molar-refractivity contribution in [3.8, 4) is 0 Å². The zero-order valence-corrected chi connectivity index (χ0v) is 26.2. The van der Waals surface area contributed by atoms with E-state index in [2.05, 4.69) is 57.9 Å². The van der Waals surface area contributed by atoms with Crippen LogP contribution in [-0.4, -0.2) is 140 Å². The number of rotatable bonds is 0. The fourth-order valence-corrected chi connectivity index (χ4v) is 122. The van der Waals surface area contributed by atoms with Crippen molar-refractivity contribution in [1.82, 2.24) is 9.60 Å². The third-order valence-corrected chi connectivity index (χ3v) is 61.5. The molecule has 0 N–H and O–H groups in total. The van der Waals surface area contributed by atoms with Crippen LogP contribution in [0, 0.1) is 0 Å². The van der Waals surface area contributed by atoms with E-state index >= 15 is 0 Å². The zero-order valence-electron chi connectivity index (χ0n) is 12.0. The summed E-state index contributed by atoms with van der Waals surface area (Å²) in [4.78, 5) is 0. The van der Waals surface area contributed by atoms with Crippen molar-refractivity contribution in [2.45, 2.75) is 13.1 Å². The van der Waals surface area contributed by atoms with Gasteiger partial charge in [-0.1, -0.05) is 0 Å². The molecule has 2 aliphatic heterocycles. The number of nitrogens with zero attached hydrogens (tertiary/aromatic N) is 5. The van der Waals surface area contributed by atoms with Crippen LogP contribution in [0.25, 0.3) is 0 Å². The standard InChI is InChI=1S/C4H12N2Si.3CH3N.4Sn.4H/c1-5-7(3,4)6-2;3*1-2;;;;;;;;/h1-4H3;3*1H3;;;;;;;;/q-2;;;;3*+1;+3;;;;. The van der Waals surface area contributed by atoms with Crippen LogP contribution >= 0.6 is 0 Å². The minimum atomic E-state index is -1.69. The summed E-state index contributed by atoms with van der Waals surface area (Å²) in [5.74, 6) is 0. The molecule has 0 spiro atoms. The summed E-state index contributed by atoms with van der Waals surface area (Å²) in [6.45, 7) is 5.10. The Morgan fingerprint density at radius 3 is 1.53 bits per heavy atom. The van der Waals surface area contributed by atoms with Gasteiger partial charge >= 0.3 is 153 Å². The van der Waals surface area contributed by atoms with Gasteiger partial charge in [-0.15, -0.1) is 0 Å². The van der Waals surface area contributed by atoms with Crippen LogP contribution in [0.5, 0.6) is 0 Å². The van der Waals surface area contributed by atoms with Gasteiger partial charge in [0, 0.05) is 0 Å². The van der Waals surface area contributed by atoms with E-state index in [0.29, 0.717) is 0 Å². The Balaban J connectivity index is 0.00000144. The first-order chi connectivity index (χ1) is 7.28. The van der Waals surface area contributed by atoms with Gasteiger partial charge in [0.15, 0.2) is 0 Å². The number of hydrogen-bond donors (Lipinski definition) is 0. The van der Waals surface area contributed by atoms with E-state index in [1.165, 1.54) is 0 Å². The zero-order chi connectivity index (χ0) is 12.2. The summed E-state index contributed by atoms with van der Waals surface area (Å²) in [5, 5.41) is 0. The normalized spacial score (nSPS) is 36.4. The molecule has 17 heavy (non-hydrogen) atoms. The summed E-state index contributed by atoms with van der Waals surface area (Å²) >= 11 is -3.94. The molecule has 0 aliphatic carbocycles. The van der Waals surface area contributed by atoms with E-state index in [1.54, 1.807) is 0 Å². The molecule has 0 aromatic carbocycles. The van der Waals surface area contributed by atoms with Gasteiger partial charge in [0.25, 0.3) is 0 Å². The van der Waals surface area contributed by atoms with Crippen LogP contribution in [0.15, 0.2) is 0 Å². The van der Waals surface area contributed by atoms with Gasteiger partial charge in [-0.05, 0) is 0 Å². The summed E-state index contributed by atoms with van der Waals surface area (Å²) in [7, 11) is 10.9. The Hall–Kier alpha value is 3.21. The molecule has 0 saturated carbocycles. The average Bonchev–Trinajstić information content (AvgIpc) is 2.14. The van der Waals surface area contributed by atoms with Crippen molar-refractivity contribution in [3.05, 3.63) is 0 Å². The van der Waals surface area contributed by atoms with Crippen molar-refractivity contribution >= 4 is 95.2 Å². The quantitative estimate of drug-likeness (QED) is 0.261. The van der Waals surface area contributed by atoms with E-state index in [4.69, 9.17) is 0 Å². The Labute approximate surface area is 150 Å². The van der Waals surface area contributed by atoms with Crippen molar-refractivity contribution in [3.63, 3.8) is 0 Å². The number of fused-ring (bicyclic) bond motifs is 2. The number of hydrogen-bond acceptors (Lipinski definition) is 5. The van der Waals surface area contributed by atoms with Crippen LogP contribution in [0.3, 0.4) is 0 Å². The van der Waals surface area contributed by atoms with E-state index < -0.39 is 71.2 Å². The van der Waals surface area contributed by atoms with Gasteiger partial charge in [0.05, 0.1) is 0 Å². The molecule has 2 unspecified atom stereocenters. The van der Waals surface area contributed by atoms with Crippen molar-refractivity contribution in [2.75, 3.05) is 35.2 Å². The van der Waals surface area contributed by atoms with E-state index in [-0.39, 0.29) is 23.9 Å². The van der Waals surface area contributed by atoms with Crippen molar-refractivity contribution in [2.24, 2.45) is 0 Å². The van der Waals surface area contributed by atoms with E-state index in [0.717, 1.165) is 0 Å². The second kappa shape index (κ2) is 6.54. The summed E-state index contributed by atoms with van der Waals surface area (Å²) in [6.07, 6.45) is 0. The molecule has 0 radical (unpaired) electrons. The molecular formula is C7H25N5SiSn4+4. The first kappa shape index (κ1) is 18.3. The third-order valence-electron chi connectivity index (χ3n) is 4.24. The maximum absolute atomic E-state index is 2.91. The molecule has 10 heteroatoms. The predicted molar refractivity (Wildman–Crippen MR) is 84.9 cm³/mol. The first-order valence-electron chi connectivity index (χ1n) is 5.75. The van der Waals surface area contributed by atoms with Gasteiger partial charge in [-0.25, -0.2) is 0 Å². The minimum absolute atomic E-state index is 0. The fourth-order valence-electron chi connectivity index (χ4n) is 3.01. The van der Waals surface area contributed by atoms with E-state index in [9.17, 15) is 0 Å². The molecule has 5 nitrogen and oxygen atoms in total. The monoisotopic (exact) mass is 687 g/mol. The molecule has 2 bridgehead atoms. The Kier molecular flexibility index (Phi) is 7.03. The van der Waals surface area contributed by atoms with Crippen molar-refractivity contribution < 1.29 is 0 Å². The van der Waals surface area contributed by atoms with E-state index in [1.807, 2.05) is 0 Å². The van der Waals surface area contributed by atoms with Crippen LogP contribution < -0.4 is 0 Å². The van der Waals surface area contributed by atoms with Gasteiger partial charge in [0.2, 0.25) is 0 Å². The van der Waals surface area contributed by atoms with Gasteiger partial charge in [-0.2, -0.15) is 0 Å². The van der Waals surface area contributed by atoms with Gasteiger partial charge in [-0.3, -0.25) is 0 Å². The first-order valence-corrected chi connectivity index (χ1v) is 20.4. The summed E-state index contributed by atoms with van der Waals surface area (Å²) < 4.78 is 14.4. The molecule has 0 aromatic rings. The third kappa shape index (κ3) is 3.05. The molecule has 2 fully saturated rings. The molecule has 2 saturated heterocycles.